The first-order valence-electron chi connectivity index (χ1n) is 6.51. The minimum atomic E-state index is -0.319. The molecular weight excluding hydrogens is 251 g/mol. The molecule has 0 aliphatic carbocycles. The molecule has 2 rings (SSSR count). The molecule has 102 valence electrons. The van der Waals surface area contributed by atoms with Crippen molar-refractivity contribution in [2.75, 3.05) is 7.05 Å². The predicted octanol–water partition coefficient (Wildman–Crippen LogP) is 3.64. The van der Waals surface area contributed by atoms with Gasteiger partial charge in [-0.1, -0.05) is 30.3 Å². The van der Waals surface area contributed by atoms with Crippen LogP contribution < -0.4 is 0 Å². The van der Waals surface area contributed by atoms with Crippen molar-refractivity contribution in [3.05, 3.63) is 70.5 Å². The fourth-order valence-corrected chi connectivity index (χ4v) is 2.17. The Labute approximate surface area is 119 Å². The quantitative estimate of drug-likeness (QED) is 0.846. The molecule has 0 N–H and O–H groups in total. The standard InChI is InChI=1S/C17H17FN2/c1-13-5-3-4-6-15(13)11-20(2)12-16-8-7-14(10-19)9-17(16)18/h3-9H,11-12H2,1-2H3. The van der Waals surface area contributed by atoms with E-state index in [9.17, 15) is 4.39 Å². The molecular formula is C17H17FN2. The Balaban J connectivity index is 2.07. The van der Waals surface area contributed by atoms with Crippen LogP contribution in [0.2, 0.25) is 0 Å². The van der Waals surface area contributed by atoms with Gasteiger partial charge in [0.15, 0.2) is 0 Å². The first-order valence-corrected chi connectivity index (χ1v) is 6.51. The van der Waals surface area contributed by atoms with Crippen LogP contribution in [0, 0.1) is 24.1 Å². The lowest BCUT2D eigenvalue weighted by molar-refractivity contribution is 0.313. The number of benzene rings is 2. The van der Waals surface area contributed by atoms with Gasteiger partial charge in [-0.05, 0) is 37.2 Å². The van der Waals surface area contributed by atoms with Crippen LogP contribution in [-0.4, -0.2) is 11.9 Å². The highest BCUT2D eigenvalue weighted by molar-refractivity contribution is 5.33. The Morgan fingerprint density at radius 3 is 2.45 bits per heavy atom. The predicted molar refractivity (Wildman–Crippen MR) is 77.5 cm³/mol. The summed E-state index contributed by atoms with van der Waals surface area (Å²) in [6.45, 7) is 3.36. The monoisotopic (exact) mass is 268 g/mol. The SMILES string of the molecule is Cc1ccccc1CN(C)Cc1ccc(C#N)cc1F. The minimum Gasteiger partial charge on any atom is -0.298 e. The number of hydrogen-bond donors (Lipinski definition) is 0. The summed E-state index contributed by atoms with van der Waals surface area (Å²) in [5.74, 6) is -0.319. The van der Waals surface area contributed by atoms with E-state index in [1.165, 1.54) is 17.2 Å². The van der Waals surface area contributed by atoms with Crippen molar-refractivity contribution in [2.24, 2.45) is 0 Å². The molecule has 0 aliphatic heterocycles. The number of halogens is 1. The summed E-state index contributed by atoms with van der Waals surface area (Å²) >= 11 is 0. The average Bonchev–Trinajstić information content (AvgIpc) is 2.43. The lowest BCUT2D eigenvalue weighted by Gasteiger charge is -2.18. The van der Waals surface area contributed by atoms with Gasteiger partial charge in [-0.25, -0.2) is 4.39 Å². The van der Waals surface area contributed by atoms with Crippen LogP contribution >= 0.6 is 0 Å². The first-order chi connectivity index (χ1) is 9.60. The topological polar surface area (TPSA) is 27.0 Å². The van der Waals surface area contributed by atoms with E-state index < -0.39 is 0 Å². The van der Waals surface area contributed by atoms with E-state index in [4.69, 9.17) is 5.26 Å². The largest absolute Gasteiger partial charge is 0.298 e. The summed E-state index contributed by atoms with van der Waals surface area (Å²) < 4.78 is 13.8. The molecule has 0 unspecified atom stereocenters. The summed E-state index contributed by atoms with van der Waals surface area (Å²) in [5, 5.41) is 8.73. The second kappa shape index (κ2) is 6.31. The van der Waals surface area contributed by atoms with Gasteiger partial charge in [-0.2, -0.15) is 5.26 Å². The first kappa shape index (κ1) is 14.2. The van der Waals surface area contributed by atoms with E-state index in [0.29, 0.717) is 17.7 Å². The molecule has 0 aromatic heterocycles. The van der Waals surface area contributed by atoms with Gasteiger partial charge in [-0.3, -0.25) is 4.90 Å². The molecule has 0 atom stereocenters. The van der Waals surface area contributed by atoms with Gasteiger partial charge in [0.05, 0.1) is 11.6 Å². The van der Waals surface area contributed by atoms with Gasteiger partial charge in [0.1, 0.15) is 5.82 Å². The van der Waals surface area contributed by atoms with E-state index in [1.807, 2.05) is 25.2 Å². The van der Waals surface area contributed by atoms with Gasteiger partial charge in [0.2, 0.25) is 0 Å². The molecule has 0 amide bonds. The van der Waals surface area contributed by atoms with E-state index in [1.54, 1.807) is 12.1 Å². The van der Waals surface area contributed by atoms with Crippen LogP contribution in [0.15, 0.2) is 42.5 Å². The van der Waals surface area contributed by atoms with E-state index in [2.05, 4.69) is 24.0 Å². The number of nitrogens with zero attached hydrogens (tertiary/aromatic N) is 2. The molecule has 0 spiro atoms. The maximum Gasteiger partial charge on any atom is 0.129 e. The maximum absolute atomic E-state index is 13.8. The molecule has 2 nitrogen and oxygen atoms in total. The number of rotatable bonds is 4. The number of nitriles is 1. The Bertz CT molecular complexity index is 644. The zero-order chi connectivity index (χ0) is 14.5. The van der Waals surface area contributed by atoms with Crippen LogP contribution in [-0.2, 0) is 13.1 Å². The summed E-state index contributed by atoms with van der Waals surface area (Å²) in [4.78, 5) is 2.06. The summed E-state index contributed by atoms with van der Waals surface area (Å²) in [6, 6.07) is 14.8. The van der Waals surface area contributed by atoms with Crippen LogP contribution in [0.25, 0.3) is 0 Å². The van der Waals surface area contributed by atoms with Crippen molar-refractivity contribution in [3.63, 3.8) is 0 Å². The van der Waals surface area contributed by atoms with Gasteiger partial charge in [0.25, 0.3) is 0 Å². The van der Waals surface area contributed by atoms with Gasteiger partial charge in [0, 0.05) is 18.7 Å². The van der Waals surface area contributed by atoms with Gasteiger partial charge < -0.3 is 0 Å². The van der Waals surface area contributed by atoms with Crippen LogP contribution in [0.3, 0.4) is 0 Å². The van der Waals surface area contributed by atoms with Gasteiger partial charge >= 0.3 is 0 Å². The van der Waals surface area contributed by atoms with Crippen LogP contribution in [0.4, 0.5) is 4.39 Å². The van der Waals surface area contributed by atoms with E-state index in [0.717, 1.165) is 6.54 Å². The second-order valence-electron chi connectivity index (χ2n) is 5.02. The summed E-state index contributed by atoms with van der Waals surface area (Å²) in [6.07, 6.45) is 0. The third kappa shape index (κ3) is 3.43. The Kier molecular flexibility index (Phi) is 4.49. The average molecular weight is 268 g/mol. The Morgan fingerprint density at radius 1 is 1.10 bits per heavy atom. The normalized spacial score (nSPS) is 10.6. The Hall–Kier alpha value is -2.18. The molecule has 0 aliphatic rings. The molecule has 0 saturated carbocycles. The van der Waals surface area contributed by atoms with Crippen LogP contribution in [0.5, 0.6) is 0 Å². The summed E-state index contributed by atoms with van der Waals surface area (Å²) in [5.41, 5.74) is 3.44. The van der Waals surface area contributed by atoms with E-state index >= 15 is 0 Å². The van der Waals surface area contributed by atoms with E-state index in [-0.39, 0.29) is 5.82 Å². The highest BCUT2D eigenvalue weighted by atomic mass is 19.1. The second-order valence-corrected chi connectivity index (χ2v) is 5.02. The van der Waals surface area contributed by atoms with Crippen molar-refractivity contribution >= 4 is 0 Å². The van der Waals surface area contributed by atoms with Crippen molar-refractivity contribution in [3.8, 4) is 6.07 Å². The molecule has 20 heavy (non-hydrogen) atoms. The number of aryl methyl sites for hydroxylation is 1. The fraction of sp³-hybridized carbons (Fsp3) is 0.235. The summed E-state index contributed by atoms with van der Waals surface area (Å²) in [7, 11) is 1.96. The minimum absolute atomic E-state index is 0.319. The molecule has 0 heterocycles. The van der Waals surface area contributed by atoms with Crippen molar-refractivity contribution < 1.29 is 4.39 Å². The molecule has 0 radical (unpaired) electrons. The molecule has 0 saturated heterocycles. The zero-order valence-corrected chi connectivity index (χ0v) is 11.7. The highest BCUT2D eigenvalue weighted by Crippen LogP contribution is 2.15. The molecule has 0 bridgehead atoms. The zero-order valence-electron chi connectivity index (χ0n) is 11.7. The number of hydrogen-bond acceptors (Lipinski definition) is 2. The molecule has 2 aromatic rings. The Morgan fingerprint density at radius 2 is 1.80 bits per heavy atom. The van der Waals surface area contributed by atoms with Crippen molar-refractivity contribution in [2.45, 2.75) is 20.0 Å². The van der Waals surface area contributed by atoms with Crippen molar-refractivity contribution in [1.29, 1.82) is 5.26 Å². The molecule has 3 heteroatoms. The molecule has 2 aromatic carbocycles. The smallest absolute Gasteiger partial charge is 0.129 e. The maximum atomic E-state index is 13.8. The highest BCUT2D eigenvalue weighted by Gasteiger charge is 2.08. The van der Waals surface area contributed by atoms with Crippen molar-refractivity contribution in [1.82, 2.24) is 4.90 Å². The van der Waals surface area contributed by atoms with Gasteiger partial charge in [-0.15, -0.1) is 0 Å². The lowest BCUT2D eigenvalue weighted by Crippen LogP contribution is -2.18. The fourth-order valence-electron chi connectivity index (χ4n) is 2.17. The molecule has 0 fully saturated rings. The lowest BCUT2D eigenvalue weighted by atomic mass is 10.1. The van der Waals surface area contributed by atoms with Crippen LogP contribution in [0.1, 0.15) is 22.3 Å². The third-order valence-corrected chi connectivity index (χ3v) is 3.32. The third-order valence-electron chi connectivity index (χ3n) is 3.32.